The molecule has 1 aromatic heterocycles. The molecular formula is C26H17F6NO5S. The normalized spacial score (nSPS) is 11.7. The number of carboxylic acid groups (broad SMARTS) is 1. The maximum Gasteiger partial charge on any atom is 0.573 e. The van der Waals surface area contributed by atoms with Gasteiger partial charge in [0.15, 0.2) is 6.61 Å². The number of ether oxygens (including phenoxy) is 3. The zero-order valence-electron chi connectivity index (χ0n) is 19.5. The number of rotatable bonds is 9. The van der Waals surface area contributed by atoms with Gasteiger partial charge in [-0.15, -0.1) is 24.5 Å². The van der Waals surface area contributed by atoms with E-state index in [1.54, 1.807) is 5.38 Å². The van der Waals surface area contributed by atoms with Gasteiger partial charge in [0.1, 0.15) is 28.9 Å². The molecule has 1 heterocycles. The predicted molar refractivity (Wildman–Crippen MR) is 129 cm³/mol. The molecule has 0 saturated carbocycles. The van der Waals surface area contributed by atoms with Gasteiger partial charge in [0.05, 0.1) is 11.3 Å². The first-order valence-corrected chi connectivity index (χ1v) is 11.8. The molecule has 3 aromatic carbocycles. The number of aliphatic carboxylic acids is 1. The van der Waals surface area contributed by atoms with E-state index in [-0.39, 0.29) is 12.4 Å². The summed E-state index contributed by atoms with van der Waals surface area (Å²) in [5.41, 5.74) is 1.02. The third-order valence-corrected chi connectivity index (χ3v) is 5.95. The molecule has 0 spiro atoms. The molecule has 1 N–H and O–H groups in total. The maximum absolute atomic E-state index is 12.8. The Hall–Kier alpha value is -4.26. The van der Waals surface area contributed by atoms with Crippen LogP contribution in [0.4, 0.5) is 26.3 Å². The smallest absolute Gasteiger partial charge is 0.486 e. The summed E-state index contributed by atoms with van der Waals surface area (Å²) < 4.78 is 91.0. The molecule has 0 atom stereocenters. The van der Waals surface area contributed by atoms with Crippen molar-refractivity contribution in [2.24, 2.45) is 0 Å². The summed E-state index contributed by atoms with van der Waals surface area (Å²) in [6, 6.07) is 14.0. The molecule has 0 saturated heterocycles. The summed E-state index contributed by atoms with van der Waals surface area (Å²) >= 11 is 1.23. The minimum absolute atomic E-state index is 0.0249. The number of nitrogens with zero attached hydrogens (tertiary/aromatic N) is 1. The monoisotopic (exact) mass is 569 g/mol. The molecule has 0 aliphatic heterocycles. The number of aromatic nitrogens is 1. The molecule has 4 rings (SSSR count). The van der Waals surface area contributed by atoms with Crippen molar-refractivity contribution >= 4 is 17.3 Å². The van der Waals surface area contributed by atoms with E-state index < -0.39 is 36.4 Å². The zero-order valence-corrected chi connectivity index (χ0v) is 20.4. The van der Waals surface area contributed by atoms with Gasteiger partial charge in [0, 0.05) is 16.5 Å². The predicted octanol–water partition coefficient (Wildman–Crippen LogP) is 7.44. The van der Waals surface area contributed by atoms with Crippen LogP contribution in [-0.2, 0) is 17.6 Å². The van der Waals surface area contributed by atoms with Crippen LogP contribution >= 0.6 is 11.3 Å². The number of halogens is 6. The summed E-state index contributed by atoms with van der Waals surface area (Å²) in [4.78, 5) is 15.3. The molecule has 0 bridgehead atoms. The van der Waals surface area contributed by atoms with Crippen LogP contribution < -0.4 is 14.2 Å². The van der Waals surface area contributed by atoms with Crippen molar-refractivity contribution in [3.05, 3.63) is 82.7 Å². The Morgan fingerprint density at radius 3 is 2.10 bits per heavy atom. The van der Waals surface area contributed by atoms with E-state index in [0.29, 0.717) is 33.1 Å². The van der Waals surface area contributed by atoms with Crippen molar-refractivity contribution in [1.82, 2.24) is 4.98 Å². The van der Waals surface area contributed by atoms with Gasteiger partial charge >= 0.3 is 18.5 Å². The third-order valence-electron chi connectivity index (χ3n) is 5.12. The second kappa shape index (κ2) is 11.2. The van der Waals surface area contributed by atoms with E-state index in [2.05, 4.69) is 9.72 Å². The minimum Gasteiger partial charge on any atom is -0.486 e. The fraction of sp³-hybridized carbons (Fsp3) is 0.154. The van der Waals surface area contributed by atoms with Crippen molar-refractivity contribution in [1.29, 1.82) is 0 Å². The molecule has 204 valence electrons. The van der Waals surface area contributed by atoms with Crippen LogP contribution in [-0.4, -0.2) is 29.0 Å². The summed E-state index contributed by atoms with van der Waals surface area (Å²) in [7, 11) is 0. The van der Waals surface area contributed by atoms with Gasteiger partial charge in [-0.1, -0.05) is 24.3 Å². The molecule has 6 nitrogen and oxygen atoms in total. The lowest BCUT2D eigenvalue weighted by Crippen LogP contribution is -2.16. The van der Waals surface area contributed by atoms with Gasteiger partial charge in [0.2, 0.25) is 0 Å². The topological polar surface area (TPSA) is 77.9 Å². The Labute approximate surface area is 221 Å². The Bertz CT molecular complexity index is 1430. The van der Waals surface area contributed by atoms with Gasteiger partial charge in [0.25, 0.3) is 0 Å². The lowest BCUT2D eigenvalue weighted by Gasteiger charge is -2.14. The van der Waals surface area contributed by atoms with Crippen LogP contribution in [0, 0.1) is 0 Å². The number of hydrogen-bond acceptors (Lipinski definition) is 6. The first kappa shape index (κ1) is 27.8. The van der Waals surface area contributed by atoms with E-state index >= 15 is 0 Å². The lowest BCUT2D eigenvalue weighted by atomic mass is 10.0. The minimum atomic E-state index is -4.85. The van der Waals surface area contributed by atoms with Gasteiger partial charge in [-0.25, -0.2) is 9.78 Å². The van der Waals surface area contributed by atoms with Crippen LogP contribution in [0.15, 0.2) is 72.1 Å². The molecular weight excluding hydrogens is 552 g/mol. The average Bonchev–Trinajstić information content (AvgIpc) is 3.35. The van der Waals surface area contributed by atoms with Gasteiger partial charge < -0.3 is 19.3 Å². The average molecular weight is 569 g/mol. The Morgan fingerprint density at radius 2 is 1.49 bits per heavy atom. The highest BCUT2D eigenvalue weighted by Crippen LogP contribution is 2.36. The standard InChI is InChI=1S/C26H17F6NO5S/c27-25(28,29)17-5-1-16(2-6-17)21-14-39-23(33-21)12-37-22-10-9-19(36-13-24(34)35)11-20(22)15-3-7-18(8-4-15)38-26(30,31)32/h1-11,14H,12-13H2,(H,34,35). The number of carbonyl (C=O) groups is 1. The zero-order chi connectivity index (χ0) is 28.2. The van der Waals surface area contributed by atoms with Crippen LogP contribution in [0.2, 0.25) is 0 Å². The molecule has 0 aliphatic rings. The third kappa shape index (κ3) is 7.63. The molecule has 0 aliphatic carbocycles. The van der Waals surface area contributed by atoms with E-state index in [4.69, 9.17) is 14.6 Å². The number of hydrogen-bond donors (Lipinski definition) is 1. The van der Waals surface area contributed by atoms with Gasteiger partial charge in [-0.3, -0.25) is 0 Å². The SMILES string of the molecule is O=C(O)COc1ccc(OCc2nc(-c3ccc(C(F)(F)F)cc3)cs2)c(-c2ccc(OC(F)(F)F)cc2)c1. The Kier molecular flexibility index (Phi) is 8.00. The van der Waals surface area contributed by atoms with Crippen LogP contribution in [0.3, 0.4) is 0 Å². The number of benzene rings is 3. The maximum atomic E-state index is 12.8. The quantitative estimate of drug-likeness (QED) is 0.211. The molecule has 0 amide bonds. The lowest BCUT2D eigenvalue weighted by molar-refractivity contribution is -0.274. The van der Waals surface area contributed by atoms with Crippen LogP contribution in [0.1, 0.15) is 10.6 Å². The van der Waals surface area contributed by atoms with Crippen LogP contribution in [0.5, 0.6) is 17.2 Å². The second-order valence-electron chi connectivity index (χ2n) is 7.90. The summed E-state index contributed by atoms with van der Waals surface area (Å²) in [5, 5.41) is 11.1. The van der Waals surface area contributed by atoms with Crippen molar-refractivity contribution in [2.45, 2.75) is 19.1 Å². The van der Waals surface area contributed by atoms with Gasteiger partial charge in [-0.2, -0.15) is 13.2 Å². The molecule has 39 heavy (non-hydrogen) atoms. The van der Waals surface area contributed by atoms with E-state index in [0.717, 1.165) is 24.3 Å². The van der Waals surface area contributed by atoms with E-state index in [1.807, 2.05) is 0 Å². The highest BCUT2D eigenvalue weighted by Gasteiger charge is 2.31. The molecule has 0 fully saturated rings. The fourth-order valence-corrected chi connectivity index (χ4v) is 4.13. The first-order valence-electron chi connectivity index (χ1n) is 11.0. The molecule has 4 aromatic rings. The highest BCUT2D eigenvalue weighted by atomic mass is 32.1. The first-order chi connectivity index (χ1) is 18.4. The van der Waals surface area contributed by atoms with Gasteiger partial charge in [-0.05, 0) is 48.0 Å². The highest BCUT2D eigenvalue weighted by molar-refractivity contribution is 7.09. The fourth-order valence-electron chi connectivity index (χ4n) is 3.41. The number of carboxylic acids is 1. The van der Waals surface area contributed by atoms with Crippen molar-refractivity contribution < 1.29 is 50.5 Å². The summed E-state index contributed by atoms with van der Waals surface area (Å²) in [6.45, 7) is -0.632. The number of alkyl halides is 6. The van der Waals surface area contributed by atoms with E-state index in [9.17, 15) is 31.1 Å². The molecule has 0 unspecified atom stereocenters. The van der Waals surface area contributed by atoms with Crippen LogP contribution in [0.25, 0.3) is 22.4 Å². The molecule has 13 heteroatoms. The Balaban J connectivity index is 1.54. The van der Waals surface area contributed by atoms with Crippen molar-refractivity contribution in [3.63, 3.8) is 0 Å². The Morgan fingerprint density at radius 1 is 0.846 bits per heavy atom. The van der Waals surface area contributed by atoms with Crippen molar-refractivity contribution in [2.75, 3.05) is 6.61 Å². The second-order valence-corrected chi connectivity index (χ2v) is 8.85. The summed E-state index contributed by atoms with van der Waals surface area (Å²) in [6.07, 6.45) is -9.30. The van der Waals surface area contributed by atoms with Crippen molar-refractivity contribution in [3.8, 4) is 39.6 Å². The van der Waals surface area contributed by atoms with E-state index in [1.165, 1.54) is 53.8 Å². The number of thiazole rings is 1. The molecule has 0 radical (unpaired) electrons. The summed E-state index contributed by atoms with van der Waals surface area (Å²) in [5.74, 6) is -1.13. The largest absolute Gasteiger partial charge is 0.573 e.